The molecule has 2 aromatic rings. The number of carbonyl (C=O) groups excluding carboxylic acids is 1. The van der Waals surface area contributed by atoms with E-state index in [1.165, 1.54) is 36.8 Å². The zero-order valence-electron chi connectivity index (χ0n) is 20.6. The van der Waals surface area contributed by atoms with Crippen molar-refractivity contribution in [2.45, 2.75) is 70.8 Å². The van der Waals surface area contributed by atoms with Crippen LogP contribution in [0.3, 0.4) is 0 Å². The summed E-state index contributed by atoms with van der Waals surface area (Å²) in [5, 5.41) is 26.1. The third-order valence-electron chi connectivity index (χ3n) is 6.89. The number of nitrogens with one attached hydrogen (secondary N) is 2. The van der Waals surface area contributed by atoms with Crippen molar-refractivity contribution in [2.24, 2.45) is 0 Å². The van der Waals surface area contributed by atoms with E-state index >= 15 is 0 Å². The van der Waals surface area contributed by atoms with Crippen molar-refractivity contribution in [1.82, 2.24) is 10.2 Å². The number of hydrogen-bond acceptors (Lipinski definition) is 5. The highest BCUT2D eigenvalue weighted by molar-refractivity contribution is 5.71. The quantitative estimate of drug-likeness (QED) is 0.174. The smallest absolute Gasteiger partial charge is 0.211 e. The van der Waals surface area contributed by atoms with Crippen LogP contribution in [0.25, 0.3) is 0 Å². The number of hydrogen-bond donors (Lipinski definition) is 4. The SMILES string of the molecule is CCCN(CCCCCCNCCc1ccc(NC=O)cc1)[C@H]1CCc2c(ccc(O)c2O)C1. The van der Waals surface area contributed by atoms with Crippen LogP contribution in [0.5, 0.6) is 11.5 Å². The van der Waals surface area contributed by atoms with E-state index < -0.39 is 0 Å². The van der Waals surface area contributed by atoms with Crippen LogP contribution < -0.4 is 10.6 Å². The van der Waals surface area contributed by atoms with E-state index in [0.29, 0.717) is 12.5 Å². The molecule has 0 saturated carbocycles. The number of benzene rings is 2. The Bertz CT molecular complexity index is 885. The van der Waals surface area contributed by atoms with Gasteiger partial charge in [-0.3, -0.25) is 4.79 Å². The zero-order chi connectivity index (χ0) is 24.2. The van der Waals surface area contributed by atoms with Gasteiger partial charge in [0, 0.05) is 17.3 Å². The number of anilines is 1. The van der Waals surface area contributed by atoms with Crippen molar-refractivity contribution in [1.29, 1.82) is 0 Å². The van der Waals surface area contributed by atoms with E-state index in [2.05, 4.69) is 34.6 Å². The van der Waals surface area contributed by atoms with E-state index in [9.17, 15) is 15.0 Å². The Balaban J connectivity index is 1.28. The van der Waals surface area contributed by atoms with Gasteiger partial charge in [-0.2, -0.15) is 0 Å². The fraction of sp³-hybridized carbons (Fsp3) is 0.536. The summed E-state index contributed by atoms with van der Waals surface area (Å²) in [6, 6.07) is 12.1. The molecule has 0 radical (unpaired) electrons. The molecule has 0 unspecified atom stereocenters. The van der Waals surface area contributed by atoms with Crippen LogP contribution in [0.1, 0.15) is 62.1 Å². The first kappa shape index (κ1) is 26.0. The molecule has 0 heterocycles. The summed E-state index contributed by atoms with van der Waals surface area (Å²) in [6.45, 7) is 6.54. The van der Waals surface area contributed by atoms with Crippen LogP contribution in [0.15, 0.2) is 36.4 Å². The maximum atomic E-state index is 10.5. The van der Waals surface area contributed by atoms with Gasteiger partial charge in [0.15, 0.2) is 11.5 Å². The van der Waals surface area contributed by atoms with Crippen molar-refractivity contribution < 1.29 is 15.0 Å². The van der Waals surface area contributed by atoms with Crippen LogP contribution in [0, 0.1) is 0 Å². The van der Waals surface area contributed by atoms with E-state index in [1.807, 2.05) is 18.2 Å². The molecular weight excluding hydrogens is 426 g/mol. The lowest BCUT2D eigenvalue weighted by molar-refractivity contribution is -0.105. The highest BCUT2D eigenvalue weighted by atomic mass is 16.3. The maximum Gasteiger partial charge on any atom is 0.211 e. The van der Waals surface area contributed by atoms with Crippen LogP contribution in [0.2, 0.25) is 0 Å². The molecule has 186 valence electrons. The summed E-state index contributed by atoms with van der Waals surface area (Å²) < 4.78 is 0. The zero-order valence-corrected chi connectivity index (χ0v) is 20.6. The van der Waals surface area contributed by atoms with Gasteiger partial charge in [0.25, 0.3) is 0 Å². The molecule has 2 aromatic carbocycles. The second-order valence-electron chi connectivity index (χ2n) is 9.38. The van der Waals surface area contributed by atoms with E-state index in [0.717, 1.165) is 69.5 Å². The average Bonchev–Trinajstić information content (AvgIpc) is 2.85. The molecule has 1 amide bonds. The van der Waals surface area contributed by atoms with Crippen LogP contribution in [0.4, 0.5) is 5.69 Å². The van der Waals surface area contributed by atoms with E-state index in [1.54, 1.807) is 6.07 Å². The third-order valence-corrected chi connectivity index (χ3v) is 6.89. The molecule has 0 aliphatic heterocycles. The first-order valence-electron chi connectivity index (χ1n) is 12.9. The van der Waals surface area contributed by atoms with Gasteiger partial charge in [-0.05, 0) is 100 Å². The van der Waals surface area contributed by atoms with E-state index in [-0.39, 0.29) is 11.5 Å². The van der Waals surface area contributed by atoms with Crippen LogP contribution in [-0.4, -0.2) is 53.7 Å². The third kappa shape index (κ3) is 7.74. The monoisotopic (exact) mass is 467 g/mol. The largest absolute Gasteiger partial charge is 0.504 e. The molecule has 34 heavy (non-hydrogen) atoms. The fourth-order valence-corrected chi connectivity index (χ4v) is 4.99. The Kier molecular flexibility index (Phi) is 10.7. The second-order valence-corrected chi connectivity index (χ2v) is 9.38. The number of unbranched alkanes of at least 4 members (excludes halogenated alkanes) is 3. The van der Waals surface area contributed by atoms with Gasteiger partial charge in [-0.1, -0.05) is 38.0 Å². The first-order valence-corrected chi connectivity index (χ1v) is 12.9. The fourth-order valence-electron chi connectivity index (χ4n) is 4.99. The topological polar surface area (TPSA) is 84.8 Å². The number of carbonyl (C=O) groups is 1. The number of phenols is 2. The van der Waals surface area contributed by atoms with Gasteiger partial charge in [-0.25, -0.2) is 0 Å². The van der Waals surface area contributed by atoms with Crippen molar-refractivity contribution >= 4 is 12.1 Å². The summed E-state index contributed by atoms with van der Waals surface area (Å²) in [5.41, 5.74) is 4.23. The lowest BCUT2D eigenvalue weighted by atomic mass is 9.86. The number of phenolic OH excluding ortho intramolecular Hbond substituents is 2. The molecule has 1 atom stereocenters. The molecule has 0 bridgehead atoms. The van der Waals surface area contributed by atoms with Gasteiger partial charge in [0.1, 0.15) is 0 Å². The number of fused-ring (bicyclic) bond motifs is 1. The van der Waals surface area contributed by atoms with Gasteiger partial charge in [0.05, 0.1) is 0 Å². The maximum absolute atomic E-state index is 10.5. The lowest BCUT2D eigenvalue weighted by Gasteiger charge is -2.35. The Labute approximate surface area is 204 Å². The van der Waals surface area contributed by atoms with Gasteiger partial charge < -0.3 is 25.7 Å². The molecule has 0 fully saturated rings. The molecule has 1 aliphatic carbocycles. The summed E-state index contributed by atoms with van der Waals surface area (Å²) in [4.78, 5) is 13.1. The molecule has 3 rings (SSSR count). The van der Waals surface area contributed by atoms with Crippen molar-refractivity contribution in [2.75, 3.05) is 31.5 Å². The molecular formula is C28H41N3O3. The summed E-state index contributed by atoms with van der Waals surface area (Å²) in [7, 11) is 0. The van der Waals surface area contributed by atoms with Crippen LogP contribution >= 0.6 is 0 Å². The number of nitrogens with zero attached hydrogens (tertiary/aromatic N) is 1. The predicted octanol–water partition coefficient (Wildman–Crippen LogP) is 4.63. The highest BCUT2D eigenvalue weighted by Crippen LogP contribution is 2.36. The highest BCUT2D eigenvalue weighted by Gasteiger charge is 2.26. The standard InChI is InChI=1S/C28H41N3O3/c1-2-18-31(25-12-13-26-23(20-25)9-14-27(33)28(26)34)19-6-4-3-5-16-29-17-15-22-7-10-24(11-8-22)30-21-32/h7-11,14,21,25,29,33-34H,2-6,12-13,15-20H2,1H3,(H,30,32)/t25-/m0/s1. The summed E-state index contributed by atoms with van der Waals surface area (Å²) in [5.74, 6) is 0.0794. The van der Waals surface area contributed by atoms with Crippen LogP contribution in [-0.2, 0) is 24.1 Å². The predicted molar refractivity (Wildman–Crippen MR) is 139 cm³/mol. The molecule has 6 heteroatoms. The van der Waals surface area contributed by atoms with Crippen molar-refractivity contribution in [3.63, 3.8) is 0 Å². The normalized spacial score (nSPS) is 15.3. The molecule has 0 saturated heterocycles. The van der Waals surface area contributed by atoms with Crippen molar-refractivity contribution in [3.05, 3.63) is 53.1 Å². The second kappa shape index (κ2) is 14.0. The number of rotatable bonds is 15. The molecule has 6 nitrogen and oxygen atoms in total. The van der Waals surface area contributed by atoms with Gasteiger partial charge in [0.2, 0.25) is 6.41 Å². The Morgan fingerprint density at radius 2 is 1.79 bits per heavy atom. The molecule has 0 spiro atoms. The van der Waals surface area contributed by atoms with Crippen molar-refractivity contribution in [3.8, 4) is 11.5 Å². The average molecular weight is 468 g/mol. The van der Waals surface area contributed by atoms with Gasteiger partial charge >= 0.3 is 0 Å². The molecule has 1 aliphatic rings. The summed E-state index contributed by atoms with van der Waals surface area (Å²) in [6.07, 6.45) is 10.6. The minimum absolute atomic E-state index is 0.000559. The molecule has 4 N–H and O–H groups in total. The first-order chi connectivity index (χ1) is 16.6. The summed E-state index contributed by atoms with van der Waals surface area (Å²) >= 11 is 0. The minimum atomic E-state index is -0.000559. The van der Waals surface area contributed by atoms with Gasteiger partial charge in [-0.15, -0.1) is 0 Å². The number of amides is 1. The number of aromatic hydroxyl groups is 2. The minimum Gasteiger partial charge on any atom is -0.504 e. The Morgan fingerprint density at radius 3 is 2.56 bits per heavy atom. The Morgan fingerprint density at radius 1 is 1.00 bits per heavy atom. The lowest BCUT2D eigenvalue weighted by Crippen LogP contribution is -2.40. The Hall–Kier alpha value is -2.57. The van der Waals surface area contributed by atoms with E-state index in [4.69, 9.17) is 0 Å². The molecule has 0 aromatic heterocycles.